The second-order valence-corrected chi connectivity index (χ2v) is 7.20. The molecule has 3 rings (SSSR count). The van der Waals surface area contributed by atoms with E-state index in [-0.39, 0.29) is 6.04 Å². The van der Waals surface area contributed by atoms with Crippen LogP contribution >= 0.6 is 0 Å². The minimum Gasteiger partial charge on any atom is -0.492 e. The van der Waals surface area contributed by atoms with Crippen LogP contribution in [0.25, 0.3) is 10.9 Å². The fourth-order valence-electron chi connectivity index (χ4n) is 3.07. The molecule has 0 bridgehead atoms. The van der Waals surface area contributed by atoms with Crippen molar-refractivity contribution in [2.24, 2.45) is 10.7 Å². The van der Waals surface area contributed by atoms with Crippen LogP contribution < -0.4 is 21.5 Å². The molecule has 2 heterocycles. The zero-order valence-corrected chi connectivity index (χ0v) is 17.1. The van der Waals surface area contributed by atoms with Gasteiger partial charge in [-0.3, -0.25) is 9.89 Å². The van der Waals surface area contributed by atoms with Crippen LogP contribution in [-0.2, 0) is 4.74 Å². The molecule has 1 fully saturated rings. The van der Waals surface area contributed by atoms with Crippen LogP contribution in [0.15, 0.2) is 41.5 Å². The van der Waals surface area contributed by atoms with Gasteiger partial charge in [0, 0.05) is 55.1 Å². The Labute approximate surface area is 171 Å². The van der Waals surface area contributed by atoms with Gasteiger partial charge in [0.15, 0.2) is 0 Å². The lowest BCUT2D eigenvalue weighted by atomic mass is 10.2. The number of nitrogens with one attached hydrogen (secondary N) is 1. The Morgan fingerprint density at radius 2 is 2.14 bits per heavy atom. The summed E-state index contributed by atoms with van der Waals surface area (Å²) in [5, 5.41) is 3.99. The number of nitrogens with two attached hydrogens (primary N) is 2. The average Bonchev–Trinajstić information content (AvgIpc) is 2.68. The van der Waals surface area contributed by atoms with Crippen molar-refractivity contribution in [2.45, 2.75) is 19.9 Å². The minimum absolute atomic E-state index is 0.149. The monoisotopic (exact) mass is 398 g/mol. The lowest BCUT2D eigenvalue weighted by Gasteiger charge is -2.26. The van der Waals surface area contributed by atoms with Crippen LogP contribution in [0.5, 0.6) is 5.75 Å². The lowest BCUT2D eigenvalue weighted by molar-refractivity contribution is 0.0322. The summed E-state index contributed by atoms with van der Waals surface area (Å²) in [4.78, 5) is 11.2. The maximum atomic E-state index is 6.19. The average molecular weight is 399 g/mol. The number of nitrogens with zero attached hydrogens (tertiary/aromatic N) is 3. The van der Waals surface area contributed by atoms with Gasteiger partial charge in [-0.05, 0) is 32.1 Å². The number of fused-ring (bicyclic) bond motifs is 1. The van der Waals surface area contributed by atoms with Crippen molar-refractivity contribution in [1.29, 1.82) is 0 Å². The van der Waals surface area contributed by atoms with Gasteiger partial charge in [-0.2, -0.15) is 0 Å². The summed E-state index contributed by atoms with van der Waals surface area (Å²) in [6, 6.07) is 7.72. The number of aliphatic imine (C=N–C) groups is 1. The van der Waals surface area contributed by atoms with Crippen LogP contribution in [0.2, 0.25) is 0 Å². The number of nitrogen functional groups attached to an aromatic ring is 1. The minimum atomic E-state index is 0.149. The Hall–Kier alpha value is -2.84. The topological polar surface area (TPSA) is 111 Å². The summed E-state index contributed by atoms with van der Waals surface area (Å²) >= 11 is 0. The predicted molar refractivity (Wildman–Crippen MR) is 118 cm³/mol. The predicted octanol–water partition coefficient (Wildman–Crippen LogP) is 2.22. The van der Waals surface area contributed by atoms with Gasteiger partial charge in [0.2, 0.25) is 0 Å². The molecule has 0 amide bonds. The molecular weight excluding hydrogens is 368 g/mol. The third-order valence-electron chi connectivity index (χ3n) is 4.49. The maximum Gasteiger partial charge on any atom is 0.132 e. The van der Waals surface area contributed by atoms with Gasteiger partial charge >= 0.3 is 0 Å². The van der Waals surface area contributed by atoms with Crippen molar-refractivity contribution in [3.05, 3.63) is 36.5 Å². The fraction of sp³-hybridized carbons (Fsp3) is 0.429. The summed E-state index contributed by atoms with van der Waals surface area (Å²) in [6.07, 6.45) is 3.41. The second kappa shape index (κ2) is 10.1. The summed E-state index contributed by atoms with van der Waals surface area (Å²) in [6.45, 7) is 8.93. The van der Waals surface area contributed by atoms with E-state index in [2.05, 4.69) is 20.2 Å². The molecule has 0 aliphatic carbocycles. The van der Waals surface area contributed by atoms with Crippen molar-refractivity contribution in [2.75, 3.05) is 50.5 Å². The largest absolute Gasteiger partial charge is 0.492 e. The molecule has 0 radical (unpaired) electrons. The van der Waals surface area contributed by atoms with Gasteiger partial charge in [-0.15, -0.1) is 0 Å². The number of ether oxygens (including phenoxy) is 2. The van der Waals surface area contributed by atoms with Crippen molar-refractivity contribution in [3.8, 4) is 5.75 Å². The molecule has 0 unspecified atom stereocenters. The summed E-state index contributed by atoms with van der Waals surface area (Å²) in [5.41, 5.74) is 13.4. The van der Waals surface area contributed by atoms with Gasteiger partial charge in [0.25, 0.3) is 0 Å². The van der Waals surface area contributed by atoms with E-state index in [4.69, 9.17) is 20.9 Å². The number of aromatic nitrogens is 1. The number of amidine groups is 1. The molecule has 2 aromatic rings. The Morgan fingerprint density at radius 3 is 2.90 bits per heavy atom. The highest BCUT2D eigenvalue weighted by molar-refractivity contribution is 5.93. The van der Waals surface area contributed by atoms with Crippen molar-refractivity contribution < 1.29 is 9.47 Å². The fourth-order valence-corrected chi connectivity index (χ4v) is 3.07. The van der Waals surface area contributed by atoms with Gasteiger partial charge < -0.3 is 26.3 Å². The van der Waals surface area contributed by atoms with Crippen LogP contribution in [0.1, 0.15) is 13.8 Å². The zero-order valence-electron chi connectivity index (χ0n) is 17.1. The molecule has 29 heavy (non-hydrogen) atoms. The molecule has 1 saturated heterocycles. The van der Waals surface area contributed by atoms with Crippen molar-refractivity contribution in [1.82, 2.24) is 9.88 Å². The van der Waals surface area contributed by atoms with Gasteiger partial charge in [0.1, 0.15) is 24.0 Å². The SMILES string of the molecule is CC(C)N=C(N)/C=C\Nc1cc(N)c2ccc(OCCN3CCOCC3)cc2n1. The van der Waals surface area contributed by atoms with Gasteiger partial charge in [0.05, 0.1) is 18.7 Å². The van der Waals surface area contributed by atoms with E-state index in [0.717, 1.165) is 49.5 Å². The molecule has 1 aromatic heterocycles. The van der Waals surface area contributed by atoms with Gasteiger partial charge in [-0.1, -0.05) is 0 Å². The molecule has 8 nitrogen and oxygen atoms in total. The molecule has 1 aliphatic heterocycles. The molecule has 156 valence electrons. The highest BCUT2D eigenvalue weighted by atomic mass is 16.5. The first-order valence-electron chi connectivity index (χ1n) is 9.91. The van der Waals surface area contributed by atoms with Crippen molar-refractivity contribution in [3.63, 3.8) is 0 Å². The molecule has 5 N–H and O–H groups in total. The van der Waals surface area contributed by atoms with E-state index in [0.29, 0.717) is 23.9 Å². The number of rotatable bonds is 8. The van der Waals surface area contributed by atoms with Crippen LogP contribution in [-0.4, -0.2) is 61.2 Å². The number of anilines is 2. The summed E-state index contributed by atoms with van der Waals surface area (Å²) in [5.74, 6) is 1.87. The van der Waals surface area contributed by atoms with Gasteiger partial charge in [-0.25, -0.2) is 4.98 Å². The molecular formula is C21H30N6O2. The third kappa shape index (κ3) is 6.33. The van der Waals surface area contributed by atoms with Crippen LogP contribution in [0.3, 0.4) is 0 Å². The first-order valence-corrected chi connectivity index (χ1v) is 9.91. The summed E-state index contributed by atoms with van der Waals surface area (Å²) in [7, 11) is 0. The molecule has 0 saturated carbocycles. The normalized spacial score (nSPS) is 16.0. The number of benzene rings is 1. The Kier molecular flexibility index (Phi) is 7.26. The molecule has 0 spiro atoms. The first kappa shape index (κ1) is 20.9. The summed E-state index contributed by atoms with van der Waals surface area (Å²) < 4.78 is 11.3. The molecule has 8 heteroatoms. The highest BCUT2D eigenvalue weighted by Gasteiger charge is 2.10. The van der Waals surface area contributed by atoms with E-state index in [1.54, 1.807) is 18.3 Å². The smallest absolute Gasteiger partial charge is 0.132 e. The Morgan fingerprint density at radius 1 is 1.34 bits per heavy atom. The number of hydrogen-bond acceptors (Lipinski definition) is 7. The van der Waals surface area contributed by atoms with Crippen molar-refractivity contribution >= 4 is 28.2 Å². The number of hydrogen-bond donors (Lipinski definition) is 3. The molecule has 1 aliphatic rings. The molecule has 1 aromatic carbocycles. The van der Waals surface area contributed by atoms with E-state index in [1.807, 2.05) is 32.0 Å². The van der Waals surface area contributed by atoms with E-state index >= 15 is 0 Å². The Balaban J connectivity index is 1.64. The van der Waals surface area contributed by atoms with Crippen LogP contribution in [0, 0.1) is 0 Å². The van der Waals surface area contributed by atoms with E-state index < -0.39 is 0 Å². The zero-order chi connectivity index (χ0) is 20.6. The van der Waals surface area contributed by atoms with E-state index in [9.17, 15) is 0 Å². The first-order chi connectivity index (χ1) is 14.0. The Bertz CT molecular complexity index is 875. The number of pyridine rings is 1. The lowest BCUT2D eigenvalue weighted by Crippen LogP contribution is -2.38. The third-order valence-corrected chi connectivity index (χ3v) is 4.49. The maximum absolute atomic E-state index is 6.19. The van der Waals surface area contributed by atoms with E-state index in [1.165, 1.54) is 0 Å². The quantitative estimate of drug-likeness (QED) is 0.462. The van der Waals surface area contributed by atoms with Crippen LogP contribution in [0.4, 0.5) is 11.5 Å². The standard InChI is InChI=1S/C21H30N6O2/c1-15(2)25-20(23)5-6-24-21-14-18(22)17-4-3-16(13-19(17)26-21)29-12-9-27-7-10-28-11-8-27/h3-6,13-15H,7-12H2,1-2H3,(H2,23,25)(H3,22,24,26)/b6-5-. The highest BCUT2D eigenvalue weighted by Crippen LogP contribution is 2.26. The second-order valence-electron chi connectivity index (χ2n) is 7.20. The number of morpholine rings is 1. The molecule has 0 atom stereocenters.